The highest BCUT2D eigenvalue weighted by atomic mass is 32.2. The van der Waals surface area contributed by atoms with Gasteiger partial charge < -0.3 is 5.32 Å². The van der Waals surface area contributed by atoms with Crippen LogP contribution < -0.4 is 10.6 Å². The van der Waals surface area contributed by atoms with Crippen molar-refractivity contribution in [2.24, 2.45) is 0 Å². The first kappa shape index (κ1) is 17.0. The molecule has 1 aromatic heterocycles. The van der Waals surface area contributed by atoms with Gasteiger partial charge in [-0.2, -0.15) is 0 Å². The molecule has 2 aliphatic carbocycles. The Morgan fingerprint density at radius 2 is 1.96 bits per heavy atom. The van der Waals surface area contributed by atoms with E-state index in [2.05, 4.69) is 20.8 Å². The number of hydrogen-bond acceptors (Lipinski definition) is 5. The Bertz CT molecular complexity index is 847. The lowest BCUT2D eigenvalue weighted by atomic mass is 10.2. The smallest absolute Gasteiger partial charge is 0.321 e. The van der Waals surface area contributed by atoms with Crippen molar-refractivity contribution >= 4 is 23.7 Å². The van der Waals surface area contributed by atoms with Crippen LogP contribution in [-0.4, -0.2) is 38.5 Å². The molecule has 26 heavy (non-hydrogen) atoms. The van der Waals surface area contributed by atoms with E-state index >= 15 is 0 Å². The number of benzene rings is 1. The molecule has 0 bridgehead atoms. The molecule has 0 aliphatic heterocycles. The van der Waals surface area contributed by atoms with Crippen LogP contribution in [0.4, 0.5) is 9.18 Å². The second-order valence-corrected chi connectivity index (χ2v) is 7.41. The number of aromatic nitrogens is 3. The Morgan fingerprint density at radius 3 is 2.65 bits per heavy atom. The second kappa shape index (κ2) is 7.06. The van der Waals surface area contributed by atoms with Crippen LogP contribution in [0, 0.1) is 5.82 Å². The summed E-state index contributed by atoms with van der Waals surface area (Å²) in [5.74, 6) is -0.237. The Hall–Kier alpha value is -2.42. The molecule has 136 valence electrons. The van der Waals surface area contributed by atoms with E-state index in [1.807, 2.05) is 4.57 Å². The maximum absolute atomic E-state index is 14.1. The van der Waals surface area contributed by atoms with Crippen LogP contribution in [0.5, 0.6) is 0 Å². The minimum Gasteiger partial charge on any atom is -0.335 e. The summed E-state index contributed by atoms with van der Waals surface area (Å²) in [6, 6.07) is 6.39. The van der Waals surface area contributed by atoms with Crippen molar-refractivity contribution in [3.8, 4) is 11.4 Å². The predicted octanol–water partition coefficient (Wildman–Crippen LogP) is 2.50. The Balaban J connectivity index is 1.44. The standard InChI is InChI=1S/C17H18FN5O2S/c18-13-4-2-1-3-12(13)15-21-22-17(23(15)11-7-8-11)26-9-14(24)20-16(25)19-10-5-6-10/h1-4,10-11H,5-9H2,(H2,19,20,24,25). The molecule has 7 nitrogen and oxygen atoms in total. The molecule has 1 heterocycles. The van der Waals surface area contributed by atoms with Crippen LogP contribution in [0.1, 0.15) is 31.7 Å². The number of nitrogens with one attached hydrogen (secondary N) is 2. The second-order valence-electron chi connectivity index (χ2n) is 6.47. The number of amides is 3. The molecule has 0 spiro atoms. The summed E-state index contributed by atoms with van der Waals surface area (Å²) in [5.41, 5.74) is 0.395. The zero-order valence-corrected chi connectivity index (χ0v) is 14.8. The SMILES string of the molecule is O=C(CSc1nnc(-c2ccccc2F)n1C1CC1)NC(=O)NC1CC1. The third kappa shape index (κ3) is 3.87. The summed E-state index contributed by atoms with van der Waals surface area (Å²) in [6.07, 6.45) is 3.87. The monoisotopic (exact) mass is 375 g/mol. The van der Waals surface area contributed by atoms with Gasteiger partial charge in [-0.25, -0.2) is 9.18 Å². The van der Waals surface area contributed by atoms with Gasteiger partial charge in [0.05, 0.1) is 11.3 Å². The minimum absolute atomic E-state index is 0.0419. The molecule has 4 rings (SSSR count). The lowest BCUT2D eigenvalue weighted by Gasteiger charge is -2.09. The molecule has 2 fully saturated rings. The van der Waals surface area contributed by atoms with Crippen LogP contribution in [-0.2, 0) is 4.79 Å². The topological polar surface area (TPSA) is 88.9 Å². The number of hydrogen-bond donors (Lipinski definition) is 2. The summed E-state index contributed by atoms with van der Waals surface area (Å²) in [5, 5.41) is 13.8. The molecule has 0 atom stereocenters. The average Bonchev–Trinajstić information content (AvgIpc) is 3.54. The van der Waals surface area contributed by atoms with Gasteiger partial charge in [0.2, 0.25) is 5.91 Å². The first-order valence-electron chi connectivity index (χ1n) is 8.55. The van der Waals surface area contributed by atoms with Gasteiger partial charge in [0, 0.05) is 12.1 Å². The number of urea groups is 1. The molecule has 0 radical (unpaired) electrons. The maximum Gasteiger partial charge on any atom is 0.321 e. The summed E-state index contributed by atoms with van der Waals surface area (Å²) < 4.78 is 16.0. The van der Waals surface area contributed by atoms with Crippen LogP contribution in [0.2, 0.25) is 0 Å². The van der Waals surface area contributed by atoms with Crippen LogP contribution in [0.15, 0.2) is 29.4 Å². The number of carbonyl (C=O) groups is 2. The molecular weight excluding hydrogens is 357 g/mol. The lowest BCUT2D eigenvalue weighted by molar-refractivity contribution is -0.117. The molecule has 0 saturated heterocycles. The molecule has 1 aromatic carbocycles. The summed E-state index contributed by atoms with van der Waals surface area (Å²) >= 11 is 1.20. The quantitative estimate of drug-likeness (QED) is 0.758. The van der Waals surface area contributed by atoms with Gasteiger partial charge >= 0.3 is 6.03 Å². The number of rotatable bonds is 6. The number of halogens is 1. The van der Waals surface area contributed by atoms with Crippen molar-refractivity contribution in [2.45, 2.75) is 42.9 Å². The molecule has 2 N–H and O–H groups in total. The van der Waals surface area contributed by atoms with E-state index in [9.17, 15) is 14.0 Å². The number of thioether (sulfide) groups is 1. The van der Waals surface area contributed by atoms with Crippen LogP contribution in [0.3, 0.4) is 0 Å². The van der Waals surface area contributed by atoms with Gasteiger partial charge in [-0.3, -0.25) is 14.7 Å². The zero-order valence-electron chi connectivity index (χ0n) is 13.9. The fraction of sp³-hybridized carbons (Fsp3) is 0.412. The fourth-order valence-corrected chi connectivity index (χ4v) is 3.41. The highest BCUT2D eigenvalue weighted by Crippen LogP contribution is 2.41. The van der Waals surface area contributed by atoms with Crippen molar-refractivity contribution in [1.82, 2.24) is 25.4 Å². The van der Waals surface area contributed by atoms with Crippen molar-refractivity contribution < 1.29 is 14.0 Å². The van der Waals surface area contributed by atoms with Crippen LogP contribution in [0.25, 0.3) is 11.4 Å². The van der Waals surface area contributed by atoms with E-state index in [4.69, 9.17) is 0 Å². The molecule has 2 saturated carbocycles. The zero-order chi connectivity index (χ0) is 18.1. The van der Waals surface area contributed by atoms with Crippen molar-refractivity contribution in [1.29, 1.82) is 0 Å². The van der Waals surface area contributed by atoms with E-state index in [-0.39, 0.29) is 23.7 Å². The van der Waals surface area contributed by atoms with E-state index < -0.39 is 11.9 Å². The van der Waals surface area contributed by atoms with E-state index in [0.717, 1.165) is 25.7 Å². The Morgan fingerprint density at radius 1 is 1.19 bits per heavy atom. The lowest BCUT2D eigenvalue weighted by Crippen LogP contribution is -2.41. The first-order valence-corrected chi connectivity index (χ1v) is 9.53. The van der Waals surface area contributed by atoms with E-state index in [1.54, 1.807) is 18.2 Å². The summed E-state index contributed by atoms with van der Waals surface area (Å²) in [6.45, 7) is 0. The molecule has 3 amide bonds. The van der Waals surface area contributed by atoms with Crippen molar-refractivity contribution in [3.05, 3.63) is 30.1 Å². The Labute approximate surface area is 153 Å². The third-order valence-electron chi connectivity index (χ3n) is 4.19. The number of nitrogens with zero attached hydrogens (tertiary/aromatic N) is 3. The minimum atomic E-state index is -0.464. The Kier molecular flexibility index (Phi) is 4.62. The molecule has 9 heteroatoms. The van der Waals surface area contributed by atoms with Gasteiger partial charge in [0.25, 0.3) is 0 Å². The van der Waals surface area contributed by atoms with E-state index in [1.165, 1.54) is 17.8 Å². The third-order valence-corrected chi connectivity index (χ3v) is 5.13. The molecular formula is C17H18FN5O2S. The summed E-state index contributed by atoms with van der Waals surface area (Å²) in [4.78, 5) is 23.5. The van der Waals surface area contributed by atoms with Gasteiger partial charge in [0.15, 0.2) is 11.0 Å². The molecule has 2 aliphatic rings. The number of imide groups is 1. The van der Waals surface area contributed by atoms with Crippen molar-refractivity contribution in [3.63, 3.8) is 0 Å². The van der Waals surface area contributed by atoms with Gasteiger partial charge in [-0.05, 0) is 37.8 Å². The van der Waals surface area contributed by atoms with Crippen molar-refractivity contribution in [2.75, 3.05) is 5.75 Å². The van der Waals surface area contributed by atoms with Gasteiger partial charge in [-0.15, -0.1) is 10.2 Å². The molecule has 0 unspecified atom stereocenters. The largest absolute Gasteiger partial charge is 0.335 e. The highest BCUT2D eigenvalue weighted by molar-refractivity contribution is 7.99. The fourth-order valence-electron chi connectivity index (χ4n) is 2.61. The summed E-state index contributed by atoms with van der Waals surface area (Å²) in [7, 11) is 0. The maximum atomic E-state index is 14.1. The molecule has 2 aromatic rings. The highest BCUT2D eigenvalue weighted by Gasteiger charge is 2.31. The first-order chi connectivity index (χ1) is 12.6. The number of carbonyl (C=O) groups excluding carboxylic acids is 2. The van der Waals surface area contributed by atoms with E-state index in [0.29, 0.717) is 16.5 Å². The van der Waals surface area contributed by atoms with Crippen LogP contribution >= 0.6 is 11.8 Å². The van der Waals surface area contributed by atoms with Gasteiger partial charge in [0.1, 0.15) is 5.82 Å². The predicted molar refractivity (Wildman–Crippen MR) is 94.1 cm³/mol. The average molecular weight is 375 g/mol. The normalized spacial score (nSPS) is 16.3. The van der Waals surface area contributed by atoms with Gasteiger partial charge in [-0.1, -0.05) is 23.9 Å².